The molecule has 74 valence electrons. The molecule has 0 aliphatic rings. The summed E-state index contributed by atoms with van der Waals surface area (Å²) in [6, 6.07) is 1.15. The van der Waals surface area contributed by atoms with Gasteiger partial charge in [0.15, 0.2) is 0 Å². The molecule has 0 aromatic heterocycles. The summed E-state index contributed by atoms with van der Waals surface area (Å²) in [6.07, 6.45) is 3.40. The Balaban J connectivity index is 3.67. The number of nitrogens with two attached hydrogens (primary N) is 1. The molecule has 0 spiro atoms. The molecule has 0 saturated carbocycles. The second kappa shape index (κ2) is 6.75. The molecule has 0 aromatic rings. The normalized spacial score (nSPS) is 16.5. The topological polar surface area (TPSA) is 29.3 Å². The fourth-order valence-corrected chi connectivity index (χ4v) is 1.67. The predicted molar refractivity (Wildman–Crippen MR) is 58.7 cm³/mol. The Kier molecular flexibility index (Phi) is 6.90. The van der Waals surface area contributed by atoms with Crippen LogP contribution in [0.5, 0.6) is 0 Å². The van der Waals surface area contributed by atoms with E-state index in [9.17, 15) is 0 Å². The molecule has 0 bridgehead atoms. The van der Waals surface area contributed by atoms with Crippen molar-refractivity contribution in [1.82, 2.24) is 4.90 Å². The van der Waals surface area contributed by atoms with Crippen LogP contribution in [-0.2, 0) is 0 Å². The summed E-state index contributed by atoms with van der Waals surface area (Å²) in [5.41, 5.74) is 5.59. The molecule has 0 aliphatic carbocycles. The maximum Gasteiger partial charge on any atom is 0.0189 e. The van der Waals surface area contributed by atoms with Crippen LogP contribution in [0.3, 0.4) is 0 Å². The Morgan fingerprint density at radius 1 is 1.33 bits per heavy atom. The highest BCUT2D eigenvalue weighted by atomic mass is 32.2. The van der Waals surface area contributed by atoms with E-state index in [2.05, 4.69) is 32.1 Å². The molecule has 2 nitrogen and oxygen atoms in total. The Morgan fingerprint density at radius 2 is 1.92 bits per heavy atom. The second-order valence-corrected chi connectivity index (χ2v) is 4.37. The van der Waals surface area contributed by atoms with Crippen LogP contribution in [0.15, 0.2) is 0 Å². The highest BCUT2D eigenvalue weighted by Gasteiger charge is 2.13. The van der Waals surface area contributed by atoms with Gasteiger partial charge in [-0.3, -0.25) is 4.90 Å². The third kappa shape index (κ3) is 4.33. The van der Waals surface area contributed by atoms with Crippen LogP contribution in [0, 0.1) is 0 Å². The molecule has 0 aliphatic heterocycles. The van der Waals surface area contributed by atoms with Gasteiger partial charge in [-0.25, -0.2) is 0 Å². The van der Waals surface area contributed by atoms with E-state index in [1.54, 1.807) is 0 Å². The van der Waals surface area contributed by atoms with E-state index in [1.807, 2.05) is 11.8 Å². The van der Waals surface area contributed by atoms with Gasteiger partial charge in [0.25, 0.3) is 0 Å². The van der Waals surface area contributed by atoms with Crippen LogP contribution in [0.2, 0.25) is 0 Å². The SMILES string of the molecule is CSCCC(C)N(C)C(C)CN. The van der Waals surface area contributed by atoms with Crippen LogP contribution in [-0.4, -0.2) is 42.6 Å². The van der Waals surface area contributed by atoms with Gasteiger partial charge in [0.1, 0.15) is 0 Å². The monoisotopic (exact) mass is 190 g/mol. The lowest BCUT2D eigenvalue weighted by atomic mass is 10.2. The number of hydrogen-bond acceptors (Lipinski definition) is 3. The van der Waals surface area contributed by atoms with Crippen molar-refractivity contribution in [2.45, 2.75) is 32.4 Å². The van der Waals surface area contributed by atoms with Gasteiger partial charge in [-0.2, -0.15) is 11.8 Å². The maximum atomic E-state index is 5.59. The number of likely N-dealkylation sites (N-methyl/N-ethyl adjacent to an activating group) is 1. The van der Waals surface area contributed by atoms with Crippen molar-refractivity contribution in [2.24, 2.45) is 5.73 Å². The van der Waals surface area contributed by atoms with Crippen LogP contribution in [0.4, 0.5) is 0 Å². The highest BCUT2D eigenvalue weighted by molar-refractivity contribution is 7.98. The molecule has 2 N–H and O–H groups in total. The van der Waals surface area contributed by atoms with E-state index in [1.165, 1.54) is 12.2 Å². The zero-order valence-corrected chi connectivity index (χ0v) is 9.53. The summed E-state index contributed by atoms with van der Waals surface area (Å²) in [5, 5.41) is 0. The lowest BCUT2D eigenvalue weighted by Crippen LogP contribution is -2.41. The quantitative estimate of drug-likeness (QED) is 0.686. The molecule has 0 aromatic carbocycles. The van der Waals surface area contributed by atoms with Crippen LogP contribution in [0.1, 0.15) is 20.3 Å². The summed E-state index contributed by atoms with van der Waals surface area (Å²) in [7, 11) is 2.16. The number of hydrogen-bond donors (Lipinski definition) is 1. The van der Waals surface area contributed by atoms with Gasteiger partial charge in [0, 0.05) is 18.6 Å². The Morgan fingerprint density at radius 3 is 2.33 bits per heavy atom. The van der Waals surface area contributed by atoms with Crippen LogP contribution in [0.25, 0.3) is 0 Å². The van der Waals surface area contributed by atoms with E-state index in [-0.39, 0.29) is 0 Å². The van der Waals surface area contributed by atoms with E-state index < -0.39 is 0 Å². The zero-order valence-electron chi connectivity index (χ0n) is 8.71. The Bertz CT molecular complexity index is 109. The minimum atomic E-state index is 0.502. The molecular weight excluding hydrogens is 168 g/mol. The first-order valence-electron chi connectivity index (χ1n) is 4.54. The fraction of sp³-hybridized carbons (Fsp3) is 1.00. The summed E-state index contributed by atoms with van der Waals surface area (Å²) in [5.74, 6) is 1.24. The lowest BCUT2D eigenvalue weighted by Gasteiger charge is -2.29. The molecule has 12 heavy (non-hydrogen) atoms. The molecule has 2 unspecified atom stereocenters. The molecule has 0 rings (SSSR count). The van der Waals surface area contributed by atoms with Gasteiger partial charge >= 0.3 is 0 Å². The van der Waals surface area contributed by atoms with Gasteiger partial charge in [-0.15, -0.1) is 0 Å². The summed E-state index contributed by atoms with van der Waals surface area (Å²) < 4.78 is 0. The van der Waals surface area contributed by atoms with Gasteiger partial charge in [0.05, 0.1) is 0 Å². The van der Waals surface area contributed by atoms with Gasteiger partial charge in [0.2, 0.25) is 0 Å². The summed E-state index contributed by atoms with van der Waals surface area (Å²) in [4.78, 5) is 2.36. The van der Waals surface area contributed by atoms with E-state index in [0.29, 0.717) is 12.1 Å². The van der Waals surface area contributed by atoms with Crippen molar-refractivity contribution in [1.29, 1.82) is 0 Å². The number of rotatable bonds is 6. The first-order valence-corrected chi connectivity index (χ1v) is 5.93. The third-order valence-corrected chi connectivity index (χ3v) is 3.12. The van der Waals surface area contributed by atoms with Gasteiger partial charge in [-0.1, -0.05) is 0 Å². The minimum Gasteiger partial charge on any atom is -0.329 e. The smallest absolute Gasteiger partial charge is 0.0189 e. The standard InChI is InChI=1S/C9H22N2S/c1-8(5-6-12-4)11(3)9(2)7-10/h8-9H,5-7,10H2,1-4H3. The van der Waals surface area contributed by atoms with Crippen molar-refractivity contribution >= 4 is 11.8 Å². The Labute approximate surface area is 80.9 Å². The van der Waals surface area contributed by atoms with E-state index in [0.717, 1.165) is 6.54 Å². The zero-order chi connectivity index (χ0) is 9.56. The molecule has 0 fully saturated rings. The largest absolute Gasteiger partial charge is 0.329 e. The number of nitrogens with zero attached hydrogens (tertiary/aromatic N) is 1. The number of thioether (sulfide) groups is 1. The van der Waals surface area contributed by atoms with Crippen molar-refractivity contribution in [3.8, 4) is 0 Å². The second-order valence-electron chi connectivity index (χ2n) is 3.38. The summed E-state index contributed by atoms with van der Waals surface area (Å²) >= 11 is 1.91. The average Bonchev–Trinajstić information content (AvgIpc) is 2.11. The molecule has 0 amide bonds. The maximum absolute atomic E-state index is 5.59. The average molecular weight is 190 g/mol. The van der Waals surface area contributed by atoms with Gasteiger partial charge < -0.3 is 5.73 Å². The van der Waals surface area contributed by atoms with Crippen molar-refractivity contribution in [2.75, 3.05) is 25.6 Å². The van der Waals surface area contributed by atoms with E-state index in [4.69, 9.17) is 5.73 Å². The van der Waals surface area contributed by atoms with Crippen molar-refractivity contribution in [3.05, 3.63) is 0 Å². The van der Waals surface area contributed by atoms with Crippen LogP contribution >= 0.6 is 11.8 Å². The van der Waals surface area contributed by atoms with Gasteiger partial charge in [-0.05, 0) is 39.3 Å². The van der Waals surface area contributed by atoms with E-state index >= 15 is 0 Å². The minimum absolute atomic E-state index is 0.502. The predicted octanol–water partition coefficient (Wildman–Crippen LogP) is 1.41. The van der Waals surface area contributed by atoms with Crippen molar-refractivity contribution in [3.63, 3.8) is 0 Å². The van der Waals surface area contributed by atoms with Crippen molar-refractivity contribution < 1.29 is 0 Å². The highest BCUT2D eigenvalue weighted by Crippen LogP contribution is 2.08. The molecule has 0 heterocycles. The van der Waals surface area contributed by atoms with Crippen LogP contribution < -0.4 is 5.73 Å². The first kappa shape index (κ1) is 12.3. The molecular formula is C9H22N2S. The molecule has 2 atom stereocenters. The molecule has 3 heteroatoms. The molecule has 0 saturated heterocycles. The molecule has 0 radical (unpaired) electrons. The Hall–Kier alpha value is 0.270. The lowest BCUT2D eigenvalue weighted by molar-refractivity contribution is 0.197. The first-order chi connectivity index (χ1) is 5.63. The fourth-order valence-electron chi connectivity index (χ4n) is 1.09. The summed E-state index contributed by atoms with van der Waals surface area (Å²) in [6.45, 7) is 5.19. The third-order valence-electron chi connectivity index (χ3n) is 2.47.